The third-order valence-corrected chi connectivity index (χ3v) is 7.18. The fourth-order valence-electron chi connectivity index (χ4n) is 6.89. The molecule has 0 heterocycles. The molecule has 0 radical (unpaired) electrons. The molecule has 0 atom stereocenters. The van der Waals surface area contributed by atoms with Crippen molar-refractivity contribution >= 4 is 0 Å². The van der Waals surface area contributed by atoms with Crippen LogP contribution in [0.15, 0.2) is 0 Å². The quantitative estimate of drug-likeness (QED) is 0.439. The summed E-state index contributed by atoms with van der Waals surface area (Å²) < 4.78 is 0. The molecule has 7 rings (SSSR count). The molecule has 7 aliphatic carbocycles. The van der Waals surface area contributed by atoms with Crippen LogP contribution in [0, 0.1) is 59.2 Å². The lowest BCUT2D eigenvalue weighted by Gasteiger charge is -2.69. The van der Waals surface area contributed by atoms with Gasteiger partial charge in [-0.3, -0.25) is 0 Å². The number of hydrogen-bond acceptors (Lipinski definition) is 0. The van der Waals surface area contributed by atoms with Crippen molar-refractivity contribution in [3.05, 3.63) is 0 Å². The molecule has 7 fully saturated rings. The Bertz CT molecular complexity index is 302. The second-order valence-corrected chi connectivity index (χ2v) is 7.63. The van der Waals surface area contributed by atoms with Gasteiger partial charge in [-0.15, -0.1) is 11.8 Å². The molecule has 0 aromatic carbocycles. The molecule has 0 saturated heterocycles. The van der Waals surface area contributed by atoms with E-state index >= 15 is 0 Å². The van der Waals surface area contributed by atoms with Crippen LogP contribution in [-0.2, 0) is 0 Å². The molecule has 128 valence electrons. The van der Waals surface area contributed by atoms with E-state index in [2.05, 4.69) is 11.8 Å². The smallest absolute Gasteiger partial charge is 0.00271 e. The standard InChI is InChI=1S/C14H20.C4H6.C2H6.2CH4/c1-7-2-12-10-4-8-5-11(9(1)10)13(3-7)14(12)6-8;1-3-4-2;1-2;;/h7-14H,1-6H2;1-2H3;1-2H3;2*1H4. The van der Waals surface area contributed by atoms with Gasteiger partial charge in [-0.2, -0.15) is 0 Å². The maximum absolute atomic E-state index is 2.68. The molecule has 7 saturated carbocycles. The lowest BCUT2D eigenvalue weighted by molar-refractivity contribution is -0.202. The van der Waals surface area contributed by atoms with Gasteiger partial charge < -0.3 is 0 Å². The van der Waals surface area contributed by atoms with Crippen LogP contribution in [0.2, 0.25) is 0 Å². The summed E-state index contributed by atoms with van der Waals surface area (Å²) in [5.41, 5.74) is 0. The van der Waals surface area contributed by atoms with E-state index in [1.54, 1.807) is 38.5 Å². The fraction of sp³-hybridized carbons (Fsp3) is 0.909. The molecular weight excluding hydrogens is 264 g/mol. The predicted octanol–water partition coefficient (Wildman–Crippen LogP) is 6.65. The third kappa shape index (κ3) is 2.86. The van der Waals surface area contributed by atoms with Crippen molar-refractivity contribution in [1.29, 1.82) is 0 Å². The summed E-state index contributed by atoms with van der Waals surface area (Å²) in [6, 6.07) is 0. The summed E-state index contributed by atoms with van der Waals surface area (Å²) in [7, 11) is 0. The maximum Gasteiger partial charge on any atom is -0.00271 e. The predicted molar refractivity (Wildman–Crippen MR) is 99.6 cm³/mol. The van der Waals surface area contributed by atoms with Crippen LogP contribution in [0.1, 0.15) is 81.1 Å². The zero-order valence-corrected chi connectivity index (χ0v) is 13.9. The highest BCUT2D eigenvalue weighted by Crippen LogP contribution is 2.71. The average molecular weight is 305 g/mol. The van der Waals surface area contributed by atoms with Crippen molar-refractivity contribution in [2.24, 2.45) is 47.3 Å². The van der Waals surface area contributed by atoms with Crippen LogP contribution < -0.4 is 0 Å². The van der Waals surface area contributed by atoms with Gasteiger partial charge in [0, 0.05) is 0 Å². The van der Waals surface area contributed by atoms with Crippen molar-refractivity contribution in [2.75, 3.05) is 0 Å². The normalized spacial score (nSPS) is 46.7. The molecule has 8 bridgehead atoms. The Labute approximate surface area is 140 Å². The first-order chi connectivity index (χ1) is 9.81. The van der Waals surface area contributed by atoms with Crippen LogP contribution in [0.25, 0.3) is 0 Å². The van der Waals surface area contributed by atoms with Gasteiger partial charge in [0.25, 0.3) is 0 Å². The molecule has 0 N–H and O–H groups in total. The summed E-state index contributed by atoms with van der Waals surface area (Å²) in [6.07, 6.45) is 9.93. The van der Waals surface area contributed by atoms with Gasteiger partial charge in [-0.1, -0.05) is 28.7 Å². The lowest BCUT2D eigenvalue weighted by atomic mass is 9.36. The molecule has 22 heavy (non-hydrogen) atoms. The molecule has 0 amide bonds. The fourth-order valence-corrected chi connectivity index (χ4v) is 6.89. The summed E-state index contributed by atoms with van der Waals surface area (Å²) in [5, 5.41) is 0. The Morgan fingerprint density at radius 1 is 0.500 bits per heavy atom. The van der Waals surface area contributed by atoms with Crippen molar-refractivity contribution in [1.82, 2.24) is 0 Å². The summed E-state index contributed by atoms with van der Waals surface area (Å²) >= 11 is 0. The van der Waals surface area contributed by atoms with Gasteiger partial charge in [0.15, 0.2) is 0 Å². The van der Waals surface area contributed by atoms with E-state index < -0.39 is 0 Å². The van der Waals surface area contributed by atoms with Gasteiger partial charge in [0.05, 0.1) is 0 Å². The minimum absolute atomic E-state index is 0. The largest absolute Gasteiger partial charge is 0.107 e. The number of rotatable bonds is 0. The van der Waals surface area contributed by atoms with E-state index in [0.29, 0.717) is 0 Å². The van der Waals surface area contributed by atoms with E-state index in [0.717, 1.165) is 0 Å². The van der Waals surface area contributed by atoms with E-state index in [1.807, 2.05) is 27.7 Å². The van der Waals surface area contributed by atoms with Crippen LogP contribution in [0.3, 0.4) is 0 Å². The first-order valence-electron chi connectivity index (χ1n) is 9.15. The molecule has 0 aromatic heterocycles. The summed E-state index contributed by atoms with van der Waals surface area (Å²) in [4.78, 5) is 0. The molecule has 0 aromatic rings. The van der Waals surface area contributed by atoms with E-state index in [-0.39, 0.29) is 14.9 Å². The van der Waals surface area contributed by atoms with Crippen LogP contribution in [-0.4, -0.2) is 0 Å². The Kier molecular flexibility index (Phi) is 7.04. The molecule has 0 aliphatic heterocycles. The highest BCUT2D eigenvalue weighted by molar-refractivity contribution is 5.12. The molecule has 0 spiro atoms. The van der Waals surface area contributed by atoms with Gasteiger partial charge in [-0.05, 0) is 99.7 Å². The molecule has 7 aliphatic rings. The minimum atomic E-state index is 0. The van der Waals surface area contributed by atoms with Gasteiger partial charge in [0.1, 0.15) is 0 Å². The Morgan fingerprint density at radius 2 is 0.682 bits per heavy atom. The van der Waals surface area contributed by atoms with Crippen LogP contribution in [0.5, 0.6) is 0 Å². The Morgan fingerprint density at radius 3 is 0.818 bits per heavy atom. The SMILES string of the molecule is C.C.C1C2CC3C4CC5CC(C14)C(C2)C3C5.CC.CC#CC. The van der Waals surface area contributed by atoms with Crippen molar-refractivity contribution in [2.45, 2.75) is 81.1 Å². The van der Waals surface area contributed by atoms with Crippen LogP contribution in [0.4, 0.5) is 0 Å². The van der Waals surface area contributed by atoms with Gasteiger partial charge >= 0.3 is 0 Å². The van der Waals surface area contributed by atoms with Crippen molar-refractivity contribution in [3.63, 3.8) is 0 Å². The minimum Gasteiger partial charge on any atom is -0.107 e. The van der Waals surface area contributed by atoms with E-state index in [4.69, 9.17) is 0 Å². The third-order valence-electron chi connectivity index (χ3n) is 7.18. The van der Waals surface area contributed by atoms with Gasteiger partial charge in [0.2, 0.25) is 0 Å². The second kappa shape index (κ2) is 7.90. The summed E-state index contributed by atoms with van der Waals surface area (Å²) in [5.74, 6) is 15.1. The monoisotopic (exact) mass is 304 g/mol. The Balaban J connectivity index is 0.000000271. The van der Waals surface area contributed by atoms with Crippen molar-refractivity contribution < 1.29 is 0 Å². The Hall–Kier alpha value is -0.440. The van der Waals surface area contributed by atoms with Gasteiger partial charge in [-0.25, -0.2) is 0 Å². The topological polar surface area (TPSA) is 0 Å². The van der Waals surface area contributed by atoms with E-state index in [9.17, 15) is 0 Å². The first-order valence-corrected chi connectivity index (χ1v) is 9.15. The maximum atomic E-state index is 2.68. The highest BCUT2D eigenvalue weighted by atomic mass is 14.7. The summed E-state index contributed by atoms with van der Waals surface area (Å²) in [6.45, 7) is 7.64. The molecular formula is C22H40. The lowest BCUT2D eigenvalue weighted by Crippen LogP contribution is -2.62. The van der Waals surface area contributed by atoms with Crippen LogP contribution >= 0.6 is 0 Å². The first kappa shape index (κ1) is 19.6. The highest BCUT2D eigenvalue weighted by Gasteiger charge is 2.63. The molecule has 0 unspecified atom stereocenters. The molecule has 0 nitrogen and oxygen atoms in total. The average Bonchev–Trinajstić information content (AvgIpc) is 2.54. The van der Waals surface area contributed by atoms with E-state index in [1.165, 1.54) is 47.3 Å². The molecule has 0 heteroatoms. The second-order valence-electron chi connectivity index (χ2n) is 7.63. The zero-order valence-electron chi connectivity index (χ0n) is 13.9. The number of hydrogen-bond donors (Lipinski definition) is 0. The van der Waals surface area contributed by atoms with Crippen molar-refractivity contribution in [3.8, 4) is 11.8 Å². The zero-order chi connectivity index (χ0) is 14.3.